The maximum atomic E-state index is 5.51. The number of quaternary nitrogens is 1. The van der Waals surface area contributed by atoms with E-state index in [-0.39, 0.29) is 0 Å². The molecule has 1 aliphatic rings. The van der Waals surface area contributed by atoms with E-state index in [9.17, 15) is 0 Å². The molecule has 0 saturated carbocycles. The van der Waals surface area contributed by atoms with Crippen LogP contribution in [0, 0.1) is 6.92 Å². The van der Waals surface area contributed by atoms with Gasteiger partial charge in [-0.1, -0.05) is 48.5 Å². The summed E-state index contributed by atoms with van der Waals surface area (Å²) in [6.07, 6.45) is 2.65. The predicted molar refractivity (Wildman–Crippen MR) is 105 cm³/mol. The van der Waals surface area contributed by atoms with Crippen LogP contribution >= 0.6 is 12.2 Å². The van der Waals surface area contributed by atoms with Crippen LogP contribution in [0.1, 0.15) is 30.0 Å². The Balaban J connectivity index is 1.63. The molecular formula is C20H26N3S+. The molecule has 1 atom stereocenters. The van der Waals surface area contributed by atoms with Crippen LogP contribution in [0.3, 0.4) is 0 Å². The number of nitrogens with one attached hydrogen (secondary N) is 3. The van der Waals surface area contributed by atoms with Crippen molar-refractivity contribution in [3.63, 3.8) is 0 Å². The monoisotopic (exact) mass is 340 g/mol. The number of thiocarbonyl (C=S) groups is 1. The zero-order valence-corrected chi connectivity index (χ0v) is 15.0. The van der Waals surface area contributed by atoms with Crippen LogP contribution in [0.2, 0.25) is 0 Å². The molecule has 4 heteroatoms. The molecule has 126 valence electrons. The van der Waals surface area contributed by atoms with Crippen molar-refractivity contribution in [3.8, 4) is 0 Å². The summed E-state index contributed by atoms with van der Waals surface area (Å²) in [4.78, 5) is 1.66. The smallest absolute Gasteiger partial charge is 0.171 e. The number of likely N-dealkylation sites (tertiary alicyclic amines) is 1. The lowest BCUT2D eigenvalue weighted by atomic mass is 10.1. The normalized spacial score (nSPS) is 15.9. The van der Waals surface area contributed by atoms with Crippen molar-refractivity contribution in [1.82, 2.24) is 5.32 Å². The Labute approximate surface area is 150 Å². The van der Waals surface area contributed by atoms with E-state index in [1.54, 1.807) is 4.90 Å². The van der Waals surface area contributed by atoms with Crippen molar-refractivity contribution >= 4 is 23.0 Å². The molecule has 0 unspecified atom stereocenters. The lowest BCUT2D eigenvalue weighted by Gasteiger charge is -2.26. The zero-order valence-electron chi connectivity index (χ0n) is 14.2. The van der Waals surface area contributed by atoms with Crippen LogP contribution in [-0.2, 0) is 0 Å². The van der Waals surface area contributed by atoms with Crippen molar-refractivity contribution in [3.05, 3.63) is 65.7 Å². The second kappa shape index (κ2) is 8.27. The van der Waals surface area contributed by atoms with Crippen LogP contribution in [0.15, 0.2) is 54.6 Å². The standard InChI is InChI=1S/C20H25N3S/c1-16-9-5-6-12-18(16)22-20(24)21-15-19(23-13-7-8-14-23)17-10-3-2-4-11-17/h2-6,9-12,19H,7-8,13-15H2,1H3,(H2,21,22,24)/p+1/t19-/m0/s1. The summed E-state index contributed by atoms with van der Waals surface area (Å²) >= 11 is 5.51. The Hall–Kier alpha value is -1.91. The van der Waals surface area contributed by atoms with E-state index in [0.717, 1.165) is 12.2 Å². The number of hydrogen-bond donors (Lipinski definition) is 3. The number of hydrogen-bond acceptors (Lipinski definition) is 1. The molecule has 0 aromatic heterocycles. The van der Waals surface area contributed by atoms with Gasteiger partial charge in [-0.15, -0.1) is 0 Å². The van der Waals surface area contributed by atoms with Crippen molar-refractivity contribution in [1.29, 1.82) is 0 Å². The van der Waals surface area contributed by atoms with E-state index in [2.05, 4.69) is 60.0 Å². The zero-order chi connectivity index (χ0) is 16.8. The van der Waals surface area contributed by atoms with Gasteiger partial charge >= 0.3 is 0 Å². The average Bonchev–Trinajstić information content (AvgIpc) is 3.12. The molecule has 2 aromatic carbocycles. The minimum absolute atomic E-state index is 0.449. The Morgan fingerprint density at radius 3 is 2.42 bits per heavy atom. The van der Waals surface area contributed by atoms with Gasteiger partial charge in [-0.05, 0) is 30.8 Å². The van der Waals surface area contributed by atoms with Crippen LogP contribution in [0.5, 0.6) is 0 Å². The van der Waals surface area contributed by atoms with Gasteiger partial charge in [0.2, 0.25) is 0 Å². The van der Waals surface area contributed by atoms with Gasteiger partial charge in [0, 0.05) is 24.1 Å². The average molecular weight is 341 g/mol. The lowest BCUT2D eigenvalue weighted by molar-refractivity contribution is -0.918. The van der Waals surface area contributed by atoms with E-state index in [1.807, 2.05) is 12.1 Å². The molecule has 24 heavy (non-hydrogen) atoms. The second-order valence-electron chi connectivity index (χ2n) is 6.48. The van der Waals surface area contributed by atoms with Crippen LogP contribution < -0.4 is 15.5 Å². The second-order valence-corrected chi connectivity index (χ2v) is 6.89. The molecule has 1 aliphatic heterocycles. The third-order valence-electron chi connectivity index (χ3n) is 4.80. The summed E-state index contributed by atoms with van der Waals surface area (Å²) in [7, 11) is 0. The van der Waals surface area contributed by atoms with E-state index < -0.39 is 0 Å². The summed E-state index contributed by atoms with van der Waals surface area (Å²) in [5.74, 6) is 0. The largest absolute Gasteiger partial charge is 0.356 e. The fraction of sp³-hybridized carbons (Fsp3) is 0.350. The highest BCUT2D eigenvalue weighted by Crippen LogP contribution is 2.13. The van der Waals surface area contributed by atoms with Gasteiger partial charge in [0.25, 0.3) is 0 Å². The SMILES string of the molecule is Cc1ccccc1NC(=S)NC[C@@H](c1ccccc1)[NH+]1CCCC1. The number of anilines is 1. The van der Waals surface area contributed by atoms with E-state index in [4.69, 9.17) is 12.2 Å². The fourth-order valence-electron chi connectivity index (χ4n) is 3.44. The summed E-state index contributed by atoms with van der Waals surface area (Å²) < 4.78 is 0. The van der Waals surface area contributed by atoms with Crippen molar-refractivity contribution in [2.24, 2.45) is 0 Å². The minimum Gasteiger partial charge on any atom is -0.356 e. The number of rotatable bonds is 5. The van der Waals surface area contributed by atoms with Gasteiger partial charge in [0.1, 0.15) is 6.04 Å². The minimum atomic E-state index is 0.449. The summed E-state index contributed by atoms with van der Waals surface area (Å²) in [5.41, 5.74) is 3.66. The highest BCUT2D eigenvalue weighted by molar-refractivity contribution is 7.80. The van der Waals surface area contributed by atoms with Gasteiger partial charge in [-0.2, -0.15) is 0 Å². The molecule has 1 fully saturated rings. The first-order valence-electron chi connectivity index (χ1n) is 8.74. The Bertz CT molecular complexity index is 666. The first-order chi connectivity index (χ1) is 11.7. The van der Waals surface area contributed by atoms with Crippen LogP contribution in [0.25, 0.3) is 0 Å². The maximum absolute atomic E-state index is 5.51. The fourth-order valence-corrected chi connectivity index (χ4v) is 3.63. The molecule has 1 heterocycles. The Morgan fingerprint density at radius 1 is 1.04 bits per heavy atom. The number of aryl methyl sites for hydroxylation is 1. The van der Waals surface area contributed by atoms with E-state index in [0.29, 0.717) is 11.2 Å². The number of para-hydroxylation sites is 1. The molecule has 3 nitrogen and oxygen atoms in total. The molecule has 3 N–H and O–H groups in total. The highest BCUT2D eigenvalue weighted by atomic mass is 32.1. The van der Waals surface area contributed by atoms with Gasteiger partial charge in [-0.3, -0.25) is 0 Å². The van der Waals surface area contributed by atoms with Crippen LogP contribution in [0.4, 0.5) is 5.69 Å². The summed E-state index contributed by atoms with van der Waals surface area (Å²) in [6.45, 7) is 5.45. The highest BCUT2D eigenvalue weighted by Gasteiger charge is 2.27. The summed E-state index contributed by atoms with van der Waals surface area (Å²) in [5, 5.41) is 7.45. The molecule has 1 saturated heterocycles. The van der Waals surface area contributed by atoms with Crippen LogP contribution in [-0.4, -0.2) is 24.7 Å². The van der Waals surface area contributed by atoms with Gasteiger partial charge in [0.05, 0.1) is 19.6 Å². The Kier molecular flexibility index (Phi) is 5.83. The lowest BCUT2D eigenvalue weighted by Crippen LogP contribution is -3.11. The van der Waals surface area contributed by atoms with Crippen molar-refractivity contribution in [2.45, 2.75) is 25.8 Å². The Morgan fingerprint density at radius 2 is 1.71 bits per heavy atom. The van der Waals surface area contributed by atoms with Gasteiger partial charge in [0.15, 0.2) is 5.11 Å². The number of benzene rings is 2. The molecule has 0 amide bonds. The topological polar surface area (TPSA) is 28.5 Å². The third-order valence-corrected chi connectivity index (χ3v) is 5.05. The van der Waals surface area contributed by atoms with E-state index in [1.165, 1.54) is 37.1 Å². The van der Waals surface area contributed by atoms with Gasteiger partial charge in [-0.25, -0.2) is 0 Å². The maximum Gasteiger partial charge on any atom is 0.171 e. The quantitative estimate of drug-likeness (QED) is 0.731. The molecule has 3 rings (SSSR count). The molecular weight excluding hydrogens is 314 g/mol. The first-order valence-corrected chi connectivity index (χ1v) is 9.15. The first kappa shape index (κ1) is 16.9. The van der Waals surface area contributed by atoms with E-state index >= 15 is 0 Å². The molecule has 0 spiro atoms. The molecule has 0 radical (unpaired) electrons. The van der Waals surface area contributed by atoms with Crippen molar-refractivity contribution in [2.75, 3.05) is 25.0 Å². The summed E-state index contributed by atoms with van der Waals surface area (Å²) in [6, 6.07) is 19.5. The predicted octanol–water partition coefficient (Wildman–Crippen LogP) is 2.70. The third kappa shape index (κ3) is 4.34. The molecule has 0 bridgehead atoms. The van der Waals surface area contributed by atoms with Crippen molar-refractivity contribution < 1.29 is 4.90 Å². The van der Waals surface area contributed by atoms with Gasteiger partial charge < -0.3 is 15.5 Å². The molecule has 0 aliphatic carbocycles. The molecule has 2 aromatic rings.